The van der Waals surface area contributed by atoms with Crippen LogP contribution in [-0.2, 0) is 11.2 Å². The predicted octanol–water partition coefficient (Wildman–Crippen LogP) is 1.27. The molecule has 0 radical (unpaired) electrons. The van der Waals surface area contributed by atoms with E-state index in [1.54, 1.807) is 0 Å². The van der Waals surface area contributed by atoms with E-state index in [1.165, 1.54) is 25.3 Å². The smallest absolute Gasteiger partial charge is 0.337 e. The highest BCUT2D eigenvalue weighted by molar-refractivity contribution is 5.89. The van der Waals surface area contributed by atoms with Gasteiger partial charge in [-0.3, -0.25) is 10.1 Å². The van der Waals surface area contributed by atoms with E-state index in [1.807, 2.05) is 0 Å². The second-order valence-corrected chi connectivity index (χ2v) is 3.48. The lowest BCUT2D eigenvalue weighted by Crippen LogP contribution is -2.06. The van der Waals surface area contributed by atoms with Gasteiger partial charge in [-0.1, -0.05) is 0 Å². The number of nitro benzene ring substituents is 1. The predicted molar refractivity (Wildman–Crippen MR) is 61.8 cm³/mol. The van der Waals surface area contributed by atoms with E-state index >= 15 is 0 Å². The number of ether oxygens (including phenoxy) is 1. The number of hydrogen-bond donors (Lipinski definition) is 1. The highest BCUT2D eigenvalue weighted by Crippen LogP contribution is 2.21. The molecule has 1 rings (SSSR count). The first kappa shape index (κ1) is 13.1. The zero-order valence-corrected chi connectivity index (χ0v) is 9.51. The van der Waals surface area contributed by atoms with Crippen molar-refractivity contribution in [3.05, 3.63) is 39.4 Å². The molecule has 0 spiro atoms. The van der Waals surface area contributed by atoms with Crippen molar-refractivity contribution in [2.24, 2.45) is 5.73 Å². The summed E-state index contributed by atoms with van der Waals surface area (Å²) < 4.78 is 4.56. The molecule has 0 unspecified atom stereocenters. The summed E-state index contributed by atoms with van der Waals surface area (Å²) in [6.45, 7) is 0.444. The molecule has 6 nitrogen and oxygen atoms in total. The first-order chi connectivity index (χ1) is 8.10. The standard InChI is InChI=1S/C11H14N2O4/c1-17-11(14)9-4-5-10(13(15)16)8(7-9)3-2-6-12/h4-5,7H,2-3,6,12H2,1H3. The zero-order valence-electron chi connectivity index (χ0n) is 9.51. The summed E-state index contributed by atoms with van der Waals surface area (Å²) in [7, 11) is 1.27. The number of aryl methyl sites for hydroxylation is 1. The van der Waals surface area contributed by atoms with Crippen LogP contribution in [0.3, 0.4) is 0 Å². The summed E-state index contributed by atoms with van der Waals surface area (Å²) >= 11 is 0. The van der Waals surface area contributed by atoms with Crippen LogP contribution in [-0.4, -0.2) is 24.5 Å². The normalized spacial score (nSPS) is 10.0. The number of esters is 1. The van der Waals surface area contributed by atoms with Crippen molar-refractivity contribution < 1.29 is 14.5 Å². The molecule has 0 atom stereocenters. The highest BCUT2D eigenvalue weighted by Gasteiger charge is 2.16. The molecule has 1 aromatic rings. The van der Waals surface area contributed by atoms with Crippen LogP contribution in [0.1, 0.15) is 22.3 Å². The van der Waals surface area contributed by atoms with Crippen LogP contribution in [0.25, 0.3) is 0 Å². The molecule has 0 fully saturated rings. The maximum atomic E-state index is 11.3. The van der Waals surface area contributed by atoms with E-state index in [-0.39, 0.29) is 5.69 Å². The van der Waals surface area contributed by atoms with Gasteiger partial charge in [-0.15, -0.1) is 0 Å². The first-order valence-electron chi connectivity index (χ1n) is 5.16. The number of benzene rings is 1. The van der Waals surface area contributed by atoms with Crippen molar-refractivity contribution in [3.63, 3.8) is 0 Å². The molecule has 0 bridgehead atoms. The lowest BCUT2D eigenvalue weighted by atomic mass is 10.0. The summed E-state index contributed by atoms with van der Waals surface area (Å²) in [4.78, 5) is 21.6. The highest BCUT2D eigenvalue weighted by atomic mass is 16.6. The van der Waals surface area contributed by atoms with E-state index in [0.29, 0.717) is 30.5 Å². The van der Waals surface area contributed by atoms with Gasteiger partial charge in [0, 0.05) is 11.6 Å². The molecule has 0 amide bonds. The number of nitro groups is 1. The summed E-state index contributed by atoms with van der Waals surface area (Å²) in [5.74, 6) is -0.506. The third kappa shape index (κ3) is 3.25. The Kier molecular flexibility index (Phi) is 4.59. The topological polar surface area (TPSA) is 95.5 Å². The fourth-order valence-electron chi connectivity index (χ4n) is 1.50. The molecule has 0 heterocycles. The Morgan fingerprint density at radius 1 is 1.53 bits per heavy atom. The van der Waals surface area contributed by atoms with Gasteiger partial charge in [-0.05, 0) is 31.5 Å². The van der Waals surface area contributed by atoms with Gasteiger partial charge in [0.2, 0.25) is 0 Å². The SMILES string of the molecule is COC(=O)c1ccc([N+](=O)[O-])c(CCCN)c1. The molecule has 0 aromatic heterocycles. The average Bonchev–Trinajstić information content (AvgIpc) is 2.34. The molecule has 92 valence electrons. The zero-order chi connectivity index (χ0) is 12.8. The van der Waals surface area contributed by atoms with Gasteiger partial charge >= 0.3 is 5.97 Å². The van der Waals surface area contributed by atoms with Crippen LogP contribution in [0.4, 0.5) is 5.69 Å². The maximum absolute atomic E-state index is 11.3. The average molecular weight is 238 g/mol. The van der Waals surface area contributed by atoms with Gasteiger partial charge in [-0.2, -0.15) is 0 Å². The number of nitrogens with two attached hydrogens (primary N) is 1. The maximum Gasteiger partial charge on any atom is 0.337 e. The largest absolute Gasteiger partial charge is 0.465 e. The monoisotopic (exact) mass is 238 g/mol. The number of methoxy groups -OCH3 is 1. The van der Waals surface area contributed by atoms with Crippen LogP contribution in [0.5, 0.6) is 0 Å². The van der Waals surface area contributed by atoms with Crippen molar-refractivity contribution in [1.29, 1.82) is 0 Å². The van der Waals surface area contributed by atoms with Gasteiger partial charge in [0.25, 0.3) is 5.69 Å². The van der Waals surface area contributed by atoms with Crippen LogP contribution >= 0.6 is 0 Å². The van der Waals surface area contributed by atoms with Gasteiger partial charge < -0.3 is 10.5 Å². The lowest BCUT2D eigenvalue weighted by molar-refractivity contribution is -0.385. The van der Waals surface area contributed by atoms with Crippen molar-refractivity contribution in [2.75, 3.05) is 13.7 Å². The van der Waals surface area contributed by atoms with Crippen molar-refractivity contribution in [1.82, 2.24) is 0 Å². The Hall–Kier alpha value is -1.95. The molecule has 0 saturated heterocycles. The van der Waals surface area contributed by atoms with E-state index < -0.39 is 10.9 Å². The Labute approximate surface area is 98.5 Å². The fourth-order valence-corrected chi connectivity index (χ4v) is 1.50. The second kappa shape index (κ2) is 5.95. The Balaban J connectivity index is 3.09. The molecule has 6 heteroatoms. The van der Waals surface area contributed by atoms with Crippen molar-refractivity contribution in [2.45, 2.75) is 12.8 Å². The van der Waals surface area contributed by atoms with Crippen LogP contribution < -0.4 is 5.73 Å². The van der Waals surface area contributed by atoms with E-state index in [0.717, 1.165) is 0 Å². The fraction of sp³-hybridized carbons (Fsp3) is 0.364. The van der Waals surface area contributed by atoms with Crippen molar-refractivity contribution >= 4 is 11.7 Å². The van der Waals surface area contributed by atoms with E-state index in [2.05, 4.69) is 4.74 Å². The number of rotatable bonds is 5. The third-order valence-electron chi connectivity index (χ3n) is 2.35. The van der Waals surface area contributed by atoms with Crippen LogP contribution in [0.2, 0.25) is 0 Å². The van der Waals surface area contributed by atoms with Gasteiger partial charge in [-0.25, -0.2) is 4.79 Å². The number of hydrogen-bond acceptors (Lipinski definition) is 5. The molecule has 0 aliphatic carbocycles. The first-order valence-corrected chi connectivity index (χ1v) is 5.16. The molecule has 2 N–H and O–H groups in total. The summed E-state index contributed by atoms with van der Waals surface area (Å²) in [6, 6.07) is 4.19. The van der Waals surface area contributed by atoms with Crippen LogP contribution in [0, 0.1) is 10.1 Å². The van der Waals surface area contributed by atoms with E-state index in [4.69, 9.17) is 5.73 Å². The number of carbonyl (C=O) groups excluding carboxylic acids is 1. The molecule has 0 aliphatic heterocycles. The summed E-state index contributed by atoms with van der Waals surface area (Å²) in [6.07, 6.45) is 1.10. The Morgan fingerprint density at radius 2 is 2.24 bits per heavy atom. The molecular formula is C11H14N2O4. The third-order valence-corrected chi connectivity index (χ3v) is 2.35. The minimum Gasteiger partial charge on any atom is -0.465 e. The van der Waals surface area contributed by atoms with Gasteiger partial charge in [0.1, 0.15) is 0 Å². The van der Waals surface area contributed by atoms with E-state index in [9.17, 15) is 14.9 Å². The number of nitrogens with zero attached hydrogens (tertiary/aromatic N) is 1. The van der Waals surface area contributed by atoms with Crippen molar-refractivity contribution in [3.8, 4) is 0 Å². The minimum atomic E-state index is -0.506. The van der Waals surface area contributed by atoms with Crippen LogP contribution in [0.15, 0.2) is 18.2 Å². The Morgan fingerprint density at radius 3 is 2.76 bits per heavy atom. The second-order valence-electron chi connectivity index (χ2n) is 3.48. The summed E-state index contributed by atoms with van der Waals surface area (Å²) in [5.41, 5.74) is 6.18. The molecule has 0 aliphatic rings. The lowest BCUT2D eigenvalue weighted by Gasteiger charge is -2.04. The van der Waals surface area contributed by atoms with Gasteiger partial charge in [0.05, 0.1) is 17.6 Å². The summed E-state index contributed by atoms with van der Waals surface area (Å²) in [5, 5.41) is 10.8. The molecule has 17 heavy (non-hydrogen) atoms. The molecule has 0 saturated carbocycles. The minimum absolute atomic E-state index is 0.00565. The Bertz CT molecular complexity index is 431. The van der Waals surface area contributed by atoms with Gasteiger partial charge in [0.15, 0.2) is 0 Å². The quantitative estimate of drug-likeness (QED) is 0.473. The number of carbonyl (C=O) groups is 1. The molecule has 1 aromatic carbocycles. The molecular weight excluding hydrogens is 224 g/mol.